The summed E-state index contributed by atoms with van der Waals surface area (Å²) in [7, 11) is 1.42. The van der Waals surface area contributed by atoms with Gasteiger partial charge in [-0.1, -0.05) is 0 Å². The molecule has 94 valence electrons. The molecule has 1 saturated heterocycles. The van der Waals surface area contributed by atoms with Gasteiger partial charge in [0.1, 0.15) is 0 Å². The Labute approximate surface area is 113 Å². The Morgan fingerprint density at radius 1 is 1.53 bits per heavy atom. The maximum absolute atomic E-state index is 11.3. The lowest BCUT2D eigenvalue weighted by Crippen LogP contribution is -2.48. The van der Waals surface area contributed by atoms with Crippen molar-refractivity contribution >= 4 is 33.6 Å². The molecule has 0 bridgehead atoms. The first-order valence-electron chi connectivity index (χ1n) is 5.35. The van der Waals surface area contributed by atoms with Gasteiger partial charge in [0, 0.05) is 32.7 Å². The average molecular weight is 320 g/mol. The van der Waals surface area contributed by atoms with Crippen LogP contribution in [0.25, 0.3) is 0 Å². The van der Waals surface area contributed by atoms with Crippen LogP contribution in [0, 0.1) is 0 Å². The lowest BCUT2D eigenvalue weighted by Gasteiger charge is -2.33. The van der Waals surface area contributed by atoms with E-state index in [-0.39, 0.29) is 6.09 Å². The number of carbonyl (C=O) groups excluding carboxylic acids is 1. The van der Waals surface area contributed by atoms with Crippen molar-refractivity contribution in [2.45, 2.75) is 6.54 Å². The number of amides is 1. The van der Waals surface area contributed by atoms with Crippen LogP contribution in [0.3, 0.4) is 0 Å². The van der Waals surface area contributed by atoms with Gasteiger partial charge in [0.2, 0.25) is 0 Å². The van der Waals surface area contributed by atoms with Gasteiger partial charge < -0.3 is 9.64 Å². The maximum atomic E-state index is 11.3. The van der Waals surface area contributed by atoms with E-state index in [0.29, 0.717) is 0 Å². The van der Waals surface area contributed by atoms with Crippen LogP contribution in [0.15, 0.2) is 10.7 Å². The van der Waals surface area contributed by atoms with E-state index in [1.54, 1.807) is 4.90 Å². The van der Waals surface area contributed by atoms with E-state index in [2.05, 4.69) is 25.2 Å². The number of methoxy groups -OCH3 is 1. The highest BCUT2D eigenvalue weighted by molar-refractivity contribution is 9.10. The van der Waals surface area contributed by atoms with E-state index in [9.17, 15) is 4.79 Å². The van der Waals surface area contributed by atoms with E-state index in [1.165, 1.54) is 23.5 Å². The zero-order valence-corrected chi connectivity index (χ0v) is 12.0. The Bertz CT molecular complexity index is 391. The SMILES string of the molecule is COC(=O)N1CCN(Cc2sncc2Br)CC1. The molecule has 1 amide bonds. The third-order valence-corrected chi connectivity index (χ3v) is 4.49. The van der Waals surface area contributed by atoms with E-state index >= 15 is 0 Å². The van der Waals surface area contributed by atoms with E-state index < -0.39 is 0 Å². The Morgan fingerprint density at radius 2 is 2.24 bits per heavy atom. The molecule has 5 nitrogen and oxygen atoms in total. The fraction of sp³-hybridized carbons (Fsp3) is 0.600. The number of halogens is 1. The van der Waals surface area contributed by atoms with Crippen molar-refractivity contribution in [2.75, 3.05) is 33.3 Å². The van der Waals surface area contributed by atoms with Crippen LogP contribution in [-0.4, -0.2) is 53.6 Å². The van der Waals surface area contributed by atoms with Crippen molar-refractivity contribution in [2.24, 2.45) is 0 Å². The molecule has 0 aromatic carbocycles. The lowest BCUT2D eigenvalue weighted by atomic mass is 10.3. The van der Waals surface area contributed by atoms with Crippen LogP contribution >= 0.6 is 27.5 Å². The second-order valence-electron chi connectivity index (χ2n) is 3.83. The standard InChI is InChI=1S/C10H14BrN3O2S/c1-16-10(15)14-4-2-13(3-5-14)7-9-8(11)6-12-17-9/h6H,2-5,7H2,1H3. The summed E-state index contributed by atoms with van der Waals surface area (Å²) in [6, 6.07) is 0. The molecule has 0 saturated carbocycles. The van der Waals surface area contributed by atoms with Crippen LogP contribution in [0.2, 0.25) is 0 Å². The quantitative estimate of drug-likeness (QED) is 0.833. The van der Waals surface area contributed by atoms with Gasteiger partial charge in [-0.05, 0) is 27.5 Å². The Balaban J connectivity index is 1.83. The topological polar surface area (TPSA) is 45.7 Å². The summed E-state index contributed by atoms with van der Waals surface area (Å²) in [5, 5.41) is 0. The number of piperazine rings is 1. The summed E-state index contributed by atoms with van der Waals surface area (Å²) in [5.74, 6) is 0. The molecule has 2 heterocycles. The van der Waals surface area contributed by atoms with Crippen LogP contribution < -0.4 is 0 Å². The summed E-state index contributed by atoms with van der Waals surface area (Å²) < 4.78 is 9.90. The molecule has 1 aromatic heterocycles. The van der Waals surface area contributed by atoms with Gasteiger partial charge in [-0.25, -0.2) is 4.79 Å². The van der Waals surface area contributed by atoms with Gasteiger partial charge in [0.15, 0.2) is 0 Å². The second-order valence-corrected chi connectivity index (χ2v) is 5.57. The number of hydrogen-bond acceptors (Lipinski definition) is 5. The first kappa shape index (κ1) is 12.8. The Hall–Kier alpha value is -0.660. The minimum absolute atomic E-state index is 0.233. The first-order valence-corrected chi connectivity index (χ1v) is 6.91. The summed E-state index contributed by atoms with van der Waals surface area (Å²) in [6.45, 7) is 4.09. The van der Waals surface area contributed by atoms with Crippen molar-refractivity contribution < 1.29 is 9.53 Å². The predicted molar refractivity (Wildman–Crippen MR) is 69.1 cm³/mol. The van der Waals surface area contributed by atoms with E-state index in [1.807, 2.05) is 6.20 Å². The molecule has 2 rings (SSSR count). The number of ether oxygens (including phenoxy) is 1. The molecule has 0 spiro atoms. The fourth-order valence-electron chi connectivity index (χ4n) is 1.78. The fourth-order valence-corrected chi connectivity index (χ4v) is 3.02. The number of rotatable bonds is 2. The van der Waals surface area contributed by atoms with Crippen molar-refractivity contribution in [3.63, 3.8) is 0 Å². The van der Waals surface area contributed by atoms with Gasteiger partial charge in [-0.3, -0.25) is 4.90 Å². The highest BCUT2D eigenvalue weighted by Crippen LogP contribution is 2.22. The average Bonchev–Trinajstić information content (AvgIpc) is 2.75. The lowest BCUT2D eigenvalue weighted by molar-refractivity contribution is 0.0891. The van der Waals surface area contributed by atoms with Gasteiger partial charge in [0.25, 0.3) is 0 Å². The molecule has 0 radical (unpaired) electrons. The van der Waals surface area contributed by atoms with Crippen LogP contribution in [-0.2, 0) is 11.3 Å². The van der Waals surface area contributed by atoms with Crippen LogP contribution in [0.4, 0.5) is 4.79 Å². The second kappa shape index (κ2) is 5.79. The summed E-state index contributed by atoms with van der Waals surface area (Å²) in [5.41, 5.74) is 0. The highest BCUT2D eigenvalue weighted by atomic mass is 79.9. The largest absolute Gasteiger partial charge is 0.453 e. The number of carbonyl (C=O) groups is 1. The predicted octanol–water partition coefficient (Wildman–Crippen LogP) is 1.79. The molecule has 1 aliphatic heterocycles. The number of aromatic nitrogens is 1. The Kier molecular flexibility index (Phi) is 4.36. The van der Waals surface area contributed by atoms with Crippen LogP contribution in [0.5, 0.6) is 0 Å². The highest BCUT2D eigenvalue weighted by Gasteiger charge is 2.22. The normalized spacial score (nSPS) is 17.2. The molecule has 0 unspecified atom stereocenters. The zero-order chi connectivity index (χ0) is 12.3. The third kappa shape index (κ3) is 3.17. The number of hydrogen-bond donors (Lipinski definition) is 0. The maximum Gasteiger partial charge on any atom is 0.409 e. The summed E-state index contributed by atoms with van der Waals surface area (Å²) >= 11 is 4.99. The smallest absolute Gasteiger partial charge is 0.409 e. The molecule has 7 heteroatoms. The molecular weight excluding hydrogens is 306 g/mol. The molecule has 17 heavy (non-hydrogen) atoms. The van der Waals surface area contributed by atoms with Gasteiger partial charge in [0.05, 0.1) is 22.7 Å². The molecule has 1 aliphatic rings. The van der Waals surface area contributed by atoms with Crippen LogP contribution in [0.1, 0.15) is 4.88 Å². The minimum Gasteiger partial charge on any atom is -0.453 e. The monoisotopic (exact) mass is 319 g/mol. The molecule has 1 aromatic rings. The van der Waals surface area contributed by atoms with Gasteiger partial charge in [-0.2, -0.15) is 4.37 Å². The Morgan fingerprint density at radius 3 is 2.76 bits per heavy atom. The number of nitrogens with zero attached hydrogens (tertiary/aromatic N) is 3. The van der Waals surface area contributed by atoms with Gasteiger partial charge in [-0.15, -0.1) is 0 Å². The third-order valence-electron chi connectivity index (χ3n) is 2.77. The van der Waals surface area contributed by atoms with E-state index in [4.69, 9.17) is 4.74 Å². The van der Waals surface area contributed by atoms with Crippen molar-refractivity contribution in [1.82, 2.24) is 14.2 Å². The van der Waals surface area contributed by atoms with E-state index in [0.717, 1.165) is 37.2 Å². The summed E-state index contributed by atoms with van der Waals surface area (Å²) in [4.78, 5) is 16.6. The van der Waals surface area contributed by atoms with Crippen molar-refractivity contribution in [3.05, 3.63) is 15.5 Å². The van der Waals surface area contributed by atoms with Gasteiger partial charge >= 0.3 is 6.09 Å². The molecule has 1 fully saturated rings. The molecular formula is C10H14BrN3O2S. The zero-order valence-electron chi connectivity index (χ0n) is 9.56. The first-order chi connectivity index (χ1) is 8.20. The minimum atomic E-state index is -0.233. The summed E-state index contributed by atoms with van der Waals surface area (Å²) in [6.07, 6.45) is 1.59. The van der Waals surface area contributed by atoms with Crippen molar-refractivity contribution in [1.29, 1.82) is 0 Å². The molecule has 0 N–H and O–H groups in total. The van der Waals surface area contributed by atoms with Crippen molar-refractivity contribution in [3.8, 4) is 0 Å². The molecule has 0 aliphatic carbocycles. The molecule has 0 atom stereocenters.